The number of hydrogen-bond donors (Lipinski definition) is 2. The molecule has 1 amide bonds. The Kier molecular flexibility index (Phi) is 6.17. The monoisotopic (exact) mass is 448 g/mol. The molecule has 0 aromatic heterocycles. The van der Waals surface area contributed by atoms with Gasteiger partial charge in [-0.15, -0.1) is 0 Å². The number of aryl methyl sites for hydroxylation is 2. The third-order valence-corrected chi connectivity index (χ3v) is 6.16. The van der Waals surface area contributed by atoms with Gasteiger partial charge in [-0.05, 0) is 73.5 Å². The van der Waals surface area contributed by atoms with E-state index in [0.29, 0.717) is 27.0 Å². The lowest BCUT2D eigenvalue weighted by Gasteiger charge is -2.12. The molecule has 3 aromatic rings. The van der Waals surface area contributed by atoms with Crippen molar-refractivity contribution in [2.24, 2.45) is 0 Å². The van der Waals surface area contributed by atoms with Gasteiger partial charge in [0, 0.05) is 10.7 Å². The van der Waals surface area contributed by atoms with Crippen molar-refractivity contribution in [3.05, 3.63) is 87.4 Å². The van der Waals surface area contributed by atoms with Crippen molar-refractivity contribution in [1.82, 2.24) is 0 Å². The Hall–Kier alpha value is -2.54. The Balaban J connectivity index is 1.77. The van der Waals surface area contributed by atoms with Crippen molar-refractivity contribution < 1.29 is 13.2 Å². The van der Waals surface area contributed by atoms with Gasteiger partial charge in [-0.1, -0.05) is 35.3 Å². The molecule has 0 unspecified atom stereocenters. The van der Waals surface area contributed by atoms with Crippen LogP contribution in [0.1, 0.15) is 21.5 Å². The fourth-order valence-corrected chi connectivity index (χ4v) is 4.24. The Bertz CT molecular complexity index is 1180. The predicted octanol–water partition coefficient (Wildman–Crippen LogP) is 5.66. The quantitative estimate of drug-likeness (QED) is 0.528. The third-order valence-electron chi connectivity index (χ3n) is 4.24. The van der Waals surface area contributed by atoms with Crippen LogP contribution in [0.25, 0.3) is 0 Å². The van der Waals surface area contributed by atoms with E-state index in [1.807, 2.05) is 6.92 Å². The largest absolute Gasteiger partial charge is 0.322 e. The van der Waals surface area contributed by atoms with Crippen molar-refractivity contribution in [3.63, 3.8) is 0 Å². The number of sulfonamides is 1. The lowest BCUT2D eigenvalue weighted by molar-refractivity contribution is 0.102. The van der Waals surface area contributed by atoms with Gasteiger partial charge >= 0.3 is 0 Å². The standard InChI is InChI=1S/C21H18Cl2N2O3S/c1-13-3-10-18(19(23)11-13)21(26)24-16-6-8-17(9-7-16)29(27,28)25-20-12-15(22)5-4-14(20)2/h3-12,25H,1-2H3,(H,24,26). The smallest absolute Gasteiger partial charge is 0.261 e. The highest BCUT2D eigenvalue weighted by atomic mass is 35.5. The molecule has 0 aliphatic carbocycles. The van der Waals surface area contributed by atoms with Crippen LogP contribution in [0.5, 0.6) is 0 Å². The summed E-state index contributed by atoms with van der Waals surface area (Å²) in [7, 11) is -3.80. The highest BCUT2D eigenvalue weighted by molar-refractivity contribution is 7.92. The second kappa shape index (κ2) is 8.45. The van der Waals surface area contributed by atoms with Gasteiger partial charge in [0.1, 0.15) is 0 Å². The maximum Gasteiger partial charge on any atom is 0.261 e. The summed E-state index contributed by atoms with van der Waals surface area (Å²) in [5, 5.41) is 3.49. The van der Waals surface area contributed by atoms with Crippen LogP contribution in [0.2, 0.25) is 10.0 Å². The van der Waals surface area contributed by atoms with E-state index in [9.17, 15) is 13.2 Å². The summed E-state index contributed by atoms with van der Waals surface area (Å²) in [6.45, 7) is 3.66. The van der Waals surface area contributed by atoms with E-state index in [-0.39, 0.29) is 10.8 Å². The summed E-state index contributed by atoms with van der Waals surface area (Å²) in [5.41, 5.74) is 2.89. The maximum atomic E-state index is 12.6. The lowest BCUT2D eigenvalue weighted by Crippen LogP contribution is -2.15. The first-order chi connectivity index (χ1) is 13.7. The number of carbonyl (C=O) groups is 1. The molecule has 0 saturated carbocycles. The minimum absolute atomic E-state index is 0.0586. The van der Waals surface area contributed by atoms with Crippen molar-refractivity contribution in [1.29, 1.82) is 0 Å². The molecule has 3 rings (SSSR count). The van der Waals surface area contributed by atoms with Crippen LogP contribution in [-0.4, -0.2) is 14.3 Å². The maximum absolute atomic E-state index is 12.6. The Morgan fingerprint density at radius 2 is 1.59 bits per heavy atom. The van der Waals surface area contributed by atoms with Crippen LogP contribution in [-0.2, 0) is 10.0 Å². The van der Waals surface area contributed by atoms with Gasteiger partial charge in [0.2, 0.25) is 0 Å². The summed E-state index contributed by atoms with van der Waals surface area (Å²) < 4.78 is 27.8. The van der Waals surface area contributed by atoms with Gasteiger partial charge in [0.25, 0.3) is 15.9 Å². The second-order valence-electron chi connectivity index (χ2n) is 6.53. The van der Waals surface area contributed by atoms with Crippen LogP contribution in [0.15, 0.2) is 65.6 Å². The zero-order chi connectivity index (χ0) is 21.2. The first kappa shape index (κ1) is 21.2. The average Bonchev–Trinajstić information content (AvgIpc) is 2.65. The molecule has 150 valence electrons. The first-order valence-corrected chi connectivity index (χ1v) is 10.9. The van der Waals surface area contributed by atoms with Crippen molar-refractivity contribution in [2.75, 3.05) is 10.0 Å². The normalized spacial score (nSPS) is 11.2. The number of halogens is 2. The molecule has 29 heavy (non-hydrogen) atoms. The highest BCUT2D eigenvalue weighted by Crippen LogP contribution is 2.24. The number of anilines is 2. The molecule has 0 aliphatic rings. The minimum Gasteiger partial charge on any atom is -0.322 e. The van der Waals surface area contributed by atoms with Gasteiger partial charge in [-0.25, -0.2) is 8.42 Å². The Morgan fingerprint density at radius 1 is 0.897 bits per heavy atom. The van der Waals surface area contributed by atoms with E-state index < -0.39 is 10.0 Å². The molecule has 0 spiro atoms. The summed E-state index contributed by atoms with van der Waals surface area (Å²) in [6.07, 6.45) is 0. The zero-order valence-corrected chi connectivity index (χ0v) is 18.0. The molecular formula is C21H18Cl2N2O3S. The van der Waals surface area contributed by atoms with Crippen molar-refractivity contribution >= 4 is 50.5 Å². The van der Waals surface area contributed by atoms with E-state index in [0.717, 1.165) is 11.1 Å². The second-order valence-corrected chi connectivity index (χ2v) is 9.05. The fraction of sp³-hybridized carbons (Fsp3) is 0.0952. The van der Waals surface area contributed by atoms with Crippen LogP contribution < -0.4 is 10.0 Å². The molecule has 0 saturated heterocycles. The molecule has 0 aliphatic heterocycles. The molecule has 3 aromatic carbocycles. The zero-order valence-electron chi connectivity index (χ0n) is 15.7. The number of benzene rings is 3. The van der Waals surface area contributed by atoms with E-state index in [4.69, 9.17) is 23.2 Å². The molecule has 0 heterocycles. The number of amides is 1. The summed E-state index contributed by atoms with van der Waals surface area (Å²) in [6, 6.07) is 16.0. The van der Waals surface area contributed by atoms with Gasteiger partial charge in [0.05, 0.1) is 21.2 Å². The number of carbonyl (C=O) groups excluding carboxylic acids is 1. The molecule has 5 nitrogen and oxygen atoms in total. The molecule has 0 fully saturated rings. The fourth-order valence-electron chi connectivity index (χ4n) is 2.63. The third kappa shape index (κ3) is 5.09. The van der Waals surface area contributed by atoms with Crippen LogP contribution in [0, 0.1) is 13.8 Å². The number of nitrogens with one attached hydrogen (secondary N) is 2. The Morgan fingerprint density at radius 3 is 2.24 bits per heavy atom. The van der Waals surface area contributed by atoms with E-state index in [1.165, 1.54) is 24.3 Å². The summed E-state index contributed by atoms with van der Waals surface area (Å²) >= 11 is 12.1. The van der Waals surface area contributed by atoms with E-state index >= 15 is 0 Å². The lowest BCUT2D eigenvalue weighted by atomic mass is 10.1. The van der Waals surface area contributed by atoms with Gasteiger partial charge in [-0.3, -0.25) is 9.52 Å². The highest BCUT2D eigenvalue weighted by Gasteiger charge is 2.16. The van der Waals surface area contributed by atoms with Gasteiger partial charge in [0.15, 0.2) is 0 Å². The SMILES string of the molecule is Cc1ccc(C(=O)Nc2ccc(S(=O)(=O)Nc3cc(Cl)ccc3C)cc2)c(Cl)c1. The molecule has 0 atom stereocenters. The van der Waals surface area contributed by atoms with Gasteiger partial charge < -0.3 is 5.32 Å². The van der Waals surface area contributed by atoms with E-state index in [2.05, 4.69) is 10.0 Å². The predicted molar refractivity (Wildman–Crippen MR) is 118 cm³/mol. The summed E-state index contributed by atoms with van der Waals surface area (Å²) in [4.78, 5) is 12.5. The van der Waals surface area contributed by atoms with Gasteiger partial charge in [-0.2, -0.15) is 0 Å². The molecular weight excluding hydrogens is 431 g/mol. The van der Waals surface area contributed by atoms with Crippen LogP contribution in [0.3, 0.4) is 0 Å². The number of hydrogen-bond acceptors (Lipinski definition) is 3. The number of rotatable bonds is 5. The molecule has 2 N–H and O–H groups in total. The van der Waals surface area contributed by atoms with Crippen LogP contribution in [0.4, 0.5) is 11.4 Å². The van der Waals surface area contributed by atoms with E-state index in [1.54, 1.807) is 43.3 Å². The molecule has 0 bridgehead atoms. The van der Waals surface area contributed by atoms with Crippen LogP contribution >= 0.6 is 23.2 Å². The van der Waals surface area contributed by atoms with Crippen molar-refractivity contribution in [2.45, 2.75) is 18.7 Å². The van der Waals surface area contributed by atoms with Crippen molar-refractivity contribution in [3.8, 4) is 0 Å². The minimum atomic E-state index is -3.80. The molecule has 0 radical (unpaired) electrons. The topological polar surface area (TPSA) is 75.3 Å². The summed E-state index contributed by atoms with van der Waals surface area (Å²) in [5.74, 6) is -0.377. The Labute approximate surface area is 179 Å². The molecule has 8 heteroatoms. The average molecular weight is 449 g/mol. The first-order valence-electron chi connectivity index (χ1n) is 8.62.